The summed E-state index contributed by atoms with van der Waals surface area (Å²) in [5, 5.41) is 0. The van der Waals surface area contributed by atoms with E-state index >= 15 is 0 Å². The predicted molar refractivity (Wildman–Crippen MR) is 33.6 cm³/mol. The second-order valence-electron chi connectivity index (χ2n) is 1.90. The van der Waals surface area contributed by atoms with E-state index in [2.05, 4.69) is 12.3 Å². The maximum absolute atomic E-state index is 12.2. The highest BCUT2D eigenvalue weighted by Crippen LogP contribution is 2.23. The van der Waals surface area contributed by atoms with Crippen molar-refractivity contribution in [2.24, 2.45) is 0 Å². The summed E-state index contributed by atoms with van der Waals surface area (Å²) in [6, 6.07) is 0. The standard InChI is InChI=1S/C7H10F2/c1-4-6(5-2)7(3,8)9/h1,5H2,2-3H3. The van der Waals surface area contributed by atoms with Gasteiger partial charge in [0.15, 0.2) is 0 Å². The molecule has 9 heavy (non-hydrogen) atoms. The highest BCUT2D eigenvalue weighted by molar-refractivity contribution is 5.07. The summed E-state index contributed by atoms with van der Waals surface area (Å²) < 4.78 is 24.5. The smallest absolute Gasteiger partial charge is 0.201 e. The van der Waals surface area contributed by atoms with Gasteiger partial charge in [0.05, 0.1) is 0 Å². The molecule has 0 atom stereocenters. The molecule has 0 spiro atoms. The van der Waals surface area contributed by atoms with E-state index < -0.39 is 5.92 Å². The van der Waals surface area contributed by atoms with Crippen molar-refractivity contribution in [2.45, 2.75) is 26.2 Å². The average molecular weight is 132 g/mol. The van der Waals surface area contributed by atoms with Crippen molar-refractivity contribution in [3.63, 3.8) is 0 Å². The summed E-state index contributed by atoms with van der Waals surface area (Å²) in [5.41, 5.74) is 2.18. The third-order valence-electron chi connectivity index (χ3n) is 1.10. The van der Waals surface area contributed by atoms with Gasteiger partial charge in [-0.25, -0.2) is 8.78 Å². The largest absolute Gasteiger partial charge is 0.273 e. The molecule has 0 heterocycles. The van der Waals surface area contributed by atoms with E-state index in [4.69, 9.17) is 0 Å². The van der Waals surface area contributed by atoms with Gasteiger partial charge >= 0.3 is 0 Å². The Hall–Kier alpha value is -0.620. The van der Waals surface area contributed by atoms with Crippen LogP contribution < -0.4 is 0 Å². The van der Waals surface area contributed by atoms with Crippen LogP contribution >= 0.6 is 0 Å². The lowest BCUT2D eigenvalue weighted by molar-refractivity contribution is 0.0607. The first kappa shape index (κ1) is 8.38. The Kier molecular flexibility index (Phi) is 2.60. The van der Waals surface area contributed by atoms with Crippen molar-refractivity contribution in [1.82, 2.24) is 0 Å². The highest BCUT2D eigenvalue weighted by Gasteiger charge is 2.24. The van der Waals surface area contributed by atoms with Crippen LogP contribution in [0.15, 0.2) is 17.9 Å². The number of allylic oxidation sites excluding steroid dienone is 1. The van der Waals surface area contributed by atoms with Gasteiger partial charge in [0.1, 0.15) is 0 Å². The van der Waals surface area contributed by atoms with Crippen LogP contribution in [0.5, 0.6) is 0 Å². The molecule has 0 amide bonds. The fraction of sp³-hybridized carbons (Fsp3) is 0.571. The minimum Gasteiger partial charge on any atom is -0.201 e. The van der Waals surface area contributed by atoms with Crippen molar-refractivity contribution >= 4 is 0 Å². The molecule has 2 heteroatoms. The van der Waals surface area contributed by atoms with Gasteiger partial charge in [-0.3, -0.25) is 0 Å². The maximum atomic E-state index is 12.2. The summed E-state index contributed by atoms with van der Waals surface area (Å²) in [5.74, 6) is -2.74. The van der Waals surface area contributed by atoms with Gasteiger partial charge in [-0.15, -0.1) is 5.73 Å². The normalized spacial score (nSPS) is 10.7. The molecule has 0 aliphatic heterocycles. The van der Waals surface area contributed by atoms with Crippen LogP contribution in [0.1, 0.15) is 20.3 Å². The molecular weight excluding hydrogens is 122 g/mol. The molecule has 0 aliphatic rings. The van der Waals surface area contributed by atoms with E-state index in [-0.39, 0.29) is 5.57 Å². The molecule has 0 N–H and O–H groups in total. The second-order valence-corrected chi connectivity index (χ2v) is 1.90. The number of rotatable bonds is 2. The molecule has 0 aromatic heterocycles. The van der Waals surface area contributed by atoms with E-state index in [1.165, 1.54) is 0 Å². The molecule has 0 aliphatic carbocycles. The van der Waals surface area contributed by atoms with Crippen molar-refractivity contribution < 1.29 is 8.78 Å². The zero-order valence-electron chi connectivity index (χ0n) is 5.67. The van der Waals surface area contributed by atoms with Crippen LogP contribution in [0.3, 0.4) is 0 Å². The van der Waals surface area contributed by atoms with Gasteiger partial charge in [-0.2, -0.15) is 0 Å². The summed E-state index contributed by atoms with van der Waals surface area (Å²) >= 11 is 0. The van der Waals surface area contributed by atoms with E-state index in [9.17, 15) is 8.78 Å². The molecule has 0 aromatic carbocycles. The van der Waals surface area contributed by atoms with Crippen LogP contribution in [-0.2, 0) is 0 Å². The number of hydrogen-bond acceptors (Lipinski definition) is 0. The Morgan fingerprint density at radius 2 is 2.11 bits per heavy atom. The molecule has 0 fully saturated rings. The van der Waals surface area contributed by atoms with Crippen LogP contribution in [0.2, 0.25) is 0 Å². The number of hydrogen-bond donors (Lipinski definition) is 0. The minimum absolute atomic E-state index is 0.0255. The van der Waals surface area contributed by atoms with Crippen LogP contribution in [0, 0.1) is 0 Å². The van der Waals surface area contributed by atoms with Crippen LogP contribution in [0.25, 0.3) is 0 Å². The first-order valence-electron chi connectivity index (χ1n) is 2.79. The third-order valence-corrected chi connectivity index (χ3v) is 1.10. The molecule has 52 valence electrons. The maximum Gasteiger partial charge on any atom is 0.273 e. The highest BCUT2D eigenvalue weighted by atomic mass is 19.3. The molecule has 0 bridgehead atoms. The van der Waals surface area contributed by atoms with Gasteiger partial charge in [0.2, 0.25) is 0 Å². The summed E-state index contributed by atoms with van der Waals surface area (Å²) in [7, 11) is 0. The summed E-state index contributed by atoms with van der Waals surface area (Å²) in [4.78, 5) is 0. The Bertz CT molecular complexity index is 135. The molecular formula is C7H10F2. The molecule has 0 unspecified atom stereocenters. The van der Waals surface area contributed by atoms with E-state index in [0.29, 0.717) is 6.42 Å². The molecule has 0 saturated heterocycles. The van der Waals surface area contributed by atoms with Gasteiger partial charge < -0.3 is 0 Å². The Morgan fingerprint density at radius 1 is 1.67 bits per heavy atom. The average Bonchev–Trinajstić information content (AvgIpc) is 1.65. The zero-order chi connectivity index (χ0) is 7.49. The molecule has 0 aromatic rings. The van der Waals surface area contributed by atoms with Crippen molar-refractivity contribution in [1.29, 1.82) is 0 Å². The zero-order valence-corrected chi connectivity index (χ0v) is 5.67. The number of halogens is 2. The molecule has 0 saturated carbocycles. The Balaban J connectivity index is 4.33. The first-order valence-corrected chi connectivity index (χ1v) is 2.79. The van der Waals surface area contributed by atoms with Crippen LogP contribution in [0.4, 0.5) is 8.78 Å². The number of alkyl halides is 2. The second kappa shape index (κ2) is 2.79. The monoisotopic (exact) mass is 132 g/mol. The third kappa shape index (κ3) is 2.43. The minimum atomic E-state index is -2.74. The SMILES string of the molecule is C=C=C(CC)C(C)(F)F. The van der Waals surface area contributed by atoms with Gasteiger partial charge in [-0.05, 0) is 6.42 Å². The van der Waals surface area contributed by atoms with Gasteiger partial charge in [0.25, 0.3) is 5.92 Å². The lowest BCUT2D eigenvalue weighted by Gasteiger charge is -2.09. The first-order chi connectivity index (χ1) is 4.02. The summed E-state index contributed by atoms with van der Waals surface area (Å²) in [6.45, 7) is 5.67. The lowest BCUT2D eigenvalue weighted by atomic mass is 10.1. The Morgan fingerprint density at radius 3 is 2.11 bits per heavy atom. The quantitative estimate of drug-likeness (QED) is 0.507. The molecule has 0 rings (SSSR count). The van der Waals surface area contributed by atoms with Gasteiger partial charge in [-0.1, -0.05) is 13.5 Å². The fourth-order valence-corrected chi connectivity index (χ4v) is 0.591. The molecule has 0 radical (unpaired) electrons. The summed E-state index contributed by atoms with van der Waals surface area (Å²) in [6.07, 6.45) is 0.312. The molecule has 0 nitrogen and oxygen atoms in total. The van der Waals surface area contributed by atoms with E-state index in [0.717, 1.165) is 6.92 Å². The predicted octanol–water partition coefficient (Wildman–Crippen LogP) is 2.76. The van der Waals surface area contributed by atoms with Crippen molar-refractivity contribution in [3.8, 4) is 0 Å². The van der Waals surface area contributed by atoms with Crippen molar-refractivity contribution in [2.75, 3.05) is 0 Å². The van der Waals surface area contributed by atoms with E-state index in [1.54, 1.807) is 6.92 Å². The fourth-order valence-electron chi connectivity index (χ4n) is 0.591. The van der Waals surface area contributed by atoms with Crippen molar-refractivity contribution in [3.05, 3.63) is 17.9 Å². The van der Waals surface area contributed by atoms with E-state index in [1.807, 2.05) is 0 Å². The van der Waals surface area contributed by atoms with Gasteiger partial charge in [0, 0.05) is 12.5 Å². The lowest BCUT2D eigenvalue weighted by Crippen LogP contribution is -2.11. The van der Waals surface area contributed by atoms with Crippen LogP contribution in [-0.4, -0.2) is 5.92 Å². The topological polar surface area (TPSA) is 0 Å². The Labute approximate surface area is 53.9 Å².